The molecule has 4 rings (SSSR count). The Labute approximate surface area is 172 Å². The first-order valence-corrected chi connectivity index (χ1v) is 9.36. The van der Waals surface area contributed by atoms with Gasteiger partial charge in [-0.15, -0.1) is 0 Å². The van der Waals surface area contributed by atoms with Gasteiger partial charge in [0.15, 0.2) is 11.6 Å². The number of benzene rings is 1. The Hall–Kier alpha value is -3.95. The normalized spacial score (nSPS) is 14.8. The number of anilines is 2. The van der Waals surface area contributed by atoms with Crippen molar-refractivity contribution in [2.45, 2.75) is 25.8 Å². The van der Waals surface area contributed by atoms with E-state index in [9.17, 15) is 14.9 Å². The number of rotatable bonds is 6. The highest BCUT2D eigenvalue weighted by atomic mass is 16.6. The number of nitrogens with zero attached hydrogens (tertiary/aromatic N) is 4. The minimum atomic E-state index is -0.509. The molecule has 10 heteroatoms. The molecule has 1 amide bonds. The monoisotopic (exact) mass is 408 g/mol. The van der Waals surface area contributed by atoms with Gasteiger partial charge in [0, 0.05) is 25.0 Å². The number of fused-ring (bicyclic) bond motifs is 1. The summed E-state index contributed by atoms with van der Waals surface area (Å²) in [5.74, 6) is 0.590. The molecule has 1 aliphatic carbocycles. The molecule has 154 valence electrons. The third kappa shape index (κ3) is 3.66. The van der Waals surface area contributed by atoms with Crippen LogP contribution in [-0.4, -0.2) is 32.7 Å². The average Bonchev–Trinajstić information content (AvgIpc) is 3.37. The van der Waals surface area contributed by atoms with Gasteiger partial charge in [0.1, 0.15) is 0 Å². The van der Waals surface area contributed by atoms with E-state index >= 15 is 0 Å². The van der Waals surface area contributed by atoms with E-state index in [2.05, 4.69) is 20.7 Å². The van der Waals surface area contributed by atoms with E-state index in [1.807, 2.05) is 18.2 Å². The van der Waals surface area contributed by atoms with Gasteiger partial charge in [0.2, 0.25) is 11.7 Å². The Morgan fingerprint density at radius 2 is 2.20 bits per heavy atom. The van der Waals surface area contributed by atoms with Crippen LogP contribution in [0.4, 0.5) is 17.2 Å². The van der Waals surface area contributed by atoms with Gasteiger partial charge in [-0.05, 0) is 42.2 Å². The fourth-order valence-corrected chi connectivity index (χ4v) is 3.64. The van der Waals surface area contributed by atoms with Crippen molar-refractivity contribution in [2.24, 2.45) is 0 Å². The molecule has 10 nitrogen and oxygen atoms in total. The number of hydrogen-bond acceptors (Lipinski definition) is 7. The first-order valence-electron chi connectivity index (χ1n) is 9.36. The SMILES string of the molecule is COc1cc([N+](=O)[O-])c(Nc2ccc3c(c2)CC[C@@H]3NC(C)=O)nc1-n1cccn1. The molecule has 0 bridgehead atoms. The fraction of sp³-hybridized carbons (Fsp3) is 0.250. The molecule has 0 fully saturated rings. The lowest BCUT2D eigenvalue weighted by Crippen LogP contribution is -2.24. The van der Waals surface area contributed by atoms with Crippen LogP contribution in [0, 0.1) is 10.1 Å². The van der Waals surface area contributed by atoms with Gasteiger partial charge < -0.3 is 15.4 Å². The number of aryl methyl sites for hydroxylation is 1. The Morgan fingerprint density at radius 3 is 2.87 bits per heavy atom. The highest BCUT2D eigenvalue weighted by Gasteiger charge is 2.25. The second-order valence-electron chi connectivity index (χ2n) is 6.92. The van der Waals surface area contributed by atoms with Crippen LogP contribution < -0.4 is 15.4 Å². The third-order valence-corrected chi connectivity index (χ3v) is 4.95. The lowest BCUT2D eigenvalue weighted by Gasteiger charge is -2.14. The van der Waals surface area contributed by atoms with Crippen molar-refractivity contribution in [3.05, 3.63) is 64.0 Å². The standard InChI is InChI=1S/C20H20N6O4/c1-12(27)22-16-7-4-13-10-14(5-6-15(13)16)23-19-17(26(28)29)11-18(30-2)20(24-19)25-9-3-8-21-25/h3,5-6,8-11,16H,4,7H2,1-2H3,(H,22,27)(H,23,24)/t16-/m0/s1. The Morgan fingerprint density at radius 1 is 1.37 bits per heavy atom. The number of pyridine rings is 1. The summed E-state index contributed by atoms with van der Waals surface area (Å²) in [5, 5.41) is 21.8. The van der Waals surface area contributed by atoms with E-state index in [4.69, 9.17) is 4.74 Å². The number of carbonyl (C=O) groups excluding carboxylic acids is 1. The second kappa shape index (κ2) is 7.82. The first-order chi connectivity index (χ1) is 14.5. The molecule has 1 atom stereocenters. The number of amides is 1. The van der Waals surface area contributed by atoms with Crippen LogP contribution in [0.25, 0.3) is 5.82 Å². The van der Waals surface area contributed by atoms with Gasteiger partial charge in [0.05, 0.1) is 24.1 Å². The summed E-state index contributed by atoms with van der Waals surface area (Å²) in [6, 6.07) is 8.72. The van der Waals surface area contributed by atoms with E-state index in [0.717, 1.165) is 24.0 Å². The molecule has 2 aromatic heterocycles. The third-order valence-electron chi connectivity index (χ3n) is 4.95. The summed E-state index contributed by atoms with van der Waals surface area (Å²) < 4.78 is 6.76. The smallest absolute Gasteiger partial charge is 0.315 e. The molecule has 0 saturated heterocycles. The van der Waals surface area contributed by atoms with Crippen LogP contribution in [0.5, 0.6) is 5.75 Å². The number of nitrogens with one attached hydrogen (secondary N) is 2. The van der Waals surface area contributed by atoms with Gasteiger partial charge >= 0.3 is 5.69 Å². The summed E-state index contributed by atoms with van der Waals surface area (Å²) in [5.41, 5.74) is 2.61. The molecule has 0 spiro atoms. The fourth-order valence-electron chi connectivity index (χ4n) is 3.64. The Kier molecular flexibility index (Phi) is 5.05. The summed E-state index contributed by atoms with van der Waals surface area (Å²) in [7, 11) is 1.42. The number of aromatic nitrogens is 3. The quantitative estimate of drug-likeness (QED) is 0.474. The van der Waals surface area contributed by atoms with E-state index in [1.54, 1.807) is 18.5 Å². The van der Waals surface area contributed by atoms with Gasteiger partial charge in [-0.3, -0.25) is 14.9 Å². The van der Waals surface area contributed by atoms with Gasteiger partial charge in [-0.2, -0.15) is 5.10 Å². The van der Waals surface area contributed by atoms with Gasteiger partial charge in [0.25, 0.3) is 0 Å². The number of methoxy groups -OCH3 is 1. The highest BCUT2D eigenvalue weighted by molar-refractivity contribution is 5.74. The molecule has 2 heterocycles. The number of nitro groups is 1. The van der Waals surface area contributed by atoms with E-state index < -0.39 is 4.92 Å². The van der Waals surface area contributed by atoms with E-state index in [0.29, 0.717) is 11.5 Å². The summed E-state index contributed by atoms with van der Waals surface area (Å²) in [6.07, 6.45) is 4.90. The zero-order chi connectivity index (χ0) is 21.3. The lowest BCUT2D eigenvalue weighted by molar-refractivity contribution is -0.384. The number of hydrogen-bond donors (Lipinski definition) is 2. The number of ether oxygens (including phenoxy) is 1. The largest absolute Gasteiger partial charge is 0.493 e. The van der Waals surface area contributed by atoms with Crippen molar-refractivity contribution < 1.29 is 14.5 Å². The topological polar surface area (TPSA) is 124 Å². The molecular formula is C20H20N6O4. The molecule has 0 saturated carbocycles. The summed E-state index contributed by atoms with van der Waals surface area (Å²) in [4.78, 5) is 26.9. The lowest BCUT2D eigenvalue weighted by atomic mass is 10.1. The molecule has 30 heavy (non-hydrogen) atoms. The summed E-state index contributed by atoms with van der Waals surface area (Å²) in [6.45, 7) is 1.50. The zero-order valence-corrected chi connectivity index (χ0v) is 16.5. The van der Waals surface area contributed by atoms with Gasteiger partial charge in [-0.25, -0.2) is 9.67 Å². The predicted octanol–water partition coefficient (Wildman–Crippen LogP) is 3.05. The van der Waals surface area contributed by atoms with Gasteiger partial charge in [-0.1, -0.05) is 6.07 Å². The molecule has 2 N–H and O–H groups in total. The van der Waals surface area contributed by atoms with Crippen molar-refractivity contribution in [3.63, 3.8) is 0 Å². The van der Waals surface area contributed by atoms with E-state index in [1.165, 1.54) is 24.8 Å². The van der Waals surface area contributed by atoms with Crippen LogP contribution in [0.15, 0.2) is 42.7 Å². The molecule has 1 aliphatic rings. The van der Waals surface area contributed by atoms with Crippen LogP contribution in [0.2, 0.25) is 0 Å². The van der Waals surface area contributed by atoms with Crippen LogP contribution in [-0.2, 0) is 11.2 Å². The second-order valence-corrected chi connectivity index (χ2v) is 6.92. The van der Waals surface area contributed by atoms with Crippen LogP contribution >= 0.6 is 0 Å². The van der Waals surface area contributed by atoms with Crippen molar-refractivity contribution in [1.29, 1.82) is 0 Å². The molecule has 3 aromatic rings. The van der Waals surface area contributed by atoms with E-state index in [-0.39, 0.29) is 29.2 Å². The van der Waals surface area contributed by atoms with Crippen molar-refractivity contribution in [2.75, 3.05) is 12.4 Å². The zero-order valence-electron chi connectivity index (χ0n) is 16.5. The maximum Gasteiger partial charge on any atom is 0.315 e. The predicted molar refractivity (Wildman–Crippen MR) is 109 cm³/mol. The maximum absolute atomic E-state index is 11.6. The Bertz CT molecular complexity index is 1110. The van der Waals surface area contributed by atoms with Crippen LogP contribution in [0.1, 0.15) is 30.5 Å². The molecule has 1 aromatic carbocycles. The van der Waals surface area contributed by atoms with Crippen LogP contribution in [0.3, 0.4) is 0 Å². The minimum absolute atomic E-state index is 0.00795. The first kappa shape index (κ1) is 19.4. The van der Waals surface area contributed by atoms with Crippen molar-refractivity contribution in [3.8, 4) is 11.6 Å². The Balaban J connectivity index is 1.70. The summed E-state index contributed by atoms with van der Waals surface area (Å²) >= 11 is 0. The molecule has 0 unspecified atom stereocenters. The molecule has 0 aliphatic heterocycles. The minimum Gasteiger partial charge on any atom is -0.493 e. The average molecular weight is 408 g/mol. The van der Waals surface area contributed by atoms with Crippen molar-refractivity contribution in [1.82, 2.24) is 20.1 Å². The molecule has 0 radical (unpaired) electrons. The van der Waals surface area contributed by atoms with Crippen molar-refractivity contribution >= 4 is 23.1 Å². The highest BCUT2D eigenvalue weighted by Crippen LogP contribution is 2.36. The maximum atomic E-state index is 11.6. The number of carbonyl (C=O) groups is 1. The molecular weight excluding hydrogens is 388 g/mol.